The van der Waals surface area contributed by atoms with Gasteiger partial charge < -0.3 is 5.32 Å². The molecule has 1 aromatic carbocycles. The van der Waals surface area contributed by atoms with Crippen LogP contribution in [-0.2, 0) is 13.1 Å². The highest BCUT2D eigenvalue weighted by atomic mass is 79.9. The summed E-state index contributed by atoms with van der Waals surface area (Å²) < 4.78 is 27.3. The lowest BCUT2D eigenvalue weighted by molar-refractivity contribution is 0.569. The third-order valence-corrected chi connectivity index (χ3v) is 3.87. The number of thiophene rings is 1. The molecular formula is C12H10BrF2NS. The van der Waals surface area contributed by atoms with E-state index in [9.17, 15) is 8.78 Å². The fourth-order valence-corrected chi connectivity index (χ4v) is 2.90. The molecule has 0 aliphatic rings. The van der Waals surface area contributed by atoms with Gasteiger partial charge in [0.05, 0.1) is 3.79 Å². The molecule has 1 heterocycles. The first-order valence-corrected chi connectivity index (χ1v) is 6.65. The summed E-state index contributed by atoms with van der Waals surface area (Å²) in [5, 5.41) is 3.08. The van der Waals surface area contributed by atoms with Gasteiger partial charge in [-0.3, -0.25) is 0 Å². The molecule has 2 aromatic rings. The van der Waals surface area contributed by atoms with Gasteiger partial charge in [-0.15, -0.1) is 11.3 Å². The number of rotatable bonds is 4. The van der Waals surface area contributed by atoms with Gasteiger partial charge in [-0.2, -0.15) is 0 Å². The fourth-order valence-electron chi connectivity index (χ4n) is 1.45. The van der Waals surface area contributed by atoms with Gasteiger partial charge in [0.1, 0.15) is 11.6 Å². The van der Waals surface area contributed by atoms with E-state index in [0.29, 0.717) is 18.7 Å². The summed E-state index contributed by atoms with van der Waals surface area (Å²) in [5.74, 6) is -0.798. The van der Waals surface area contributed by atoms with E-state index in [0.717, 1.165) is 20.8 Å². The Morgan fingerprint density at radius 3 is 2.65 bits per heavy atom. The molecule has 2 rings (SSSR count). The Balaban J connectivity index is 1.91. The molecule has 17 heavy (non-hydrogen) atoms. The van der Waals surface area contributed by atoms with Crippen LogP contribution in [0.15, 0.2) is 34.1 Å². The molecule has 0 fully saturated rings. The maximum Gasteiger partial charge on any atom is 0.127 e. The normalized spacial score (nSPS) is 10.8. The minimum absolute atomic E-state index is 0.319. The van der Waals surface area contributed by atoms with Gasteiger partial charge in [0, 0.05) is 23.5 Å². The minimum atomic E-state index is -0.415. The SMILES string of the molecule is Fc1ccc(F)c(CNCc2ccc(Br)s2)c1. The number of benzene rings is 1. The standard InChI is InChI=1S/C12H10BrF2NS/c13-12-4-2-10(17-12)7-16-6-8-5-9(14)1-3-11(8)15/h1-5,16H,6-7H2. The Bertz CT molecular complexity index is 513. The molecule has 0 aliphatic heterocycles. The molecule has 0 atom stereocenters. The van der Waals surface area contributed by atoms with Crippen LogP contribution in [0.4, 0.5) is 8.78 Å². The van der Waals surface area contributed by atoms with Crippen LogP contribution in [0.2, 0.25) is 0 Å². The summed E-state index contributed by atoms with van der Waals surface area (Å²) in [5.41, 5.74) is 0.348. The van der Waals surface area contributed by atoms with E-state index in [1.165, 1.54) is 6.07 Å². The van der Waals surface area contributed by atoms with Crippen molar-refractivity contribution in [3.63, 3.8) is 0 Å². The molecule has 0 unspecified atom stereocenters. The molecule has 0 amide bonds. The second-order valence-corrected chi connectivity index (χ2v) is 6.09. The Hall–Kier alpha value is -0.780. The Morgan fingerprint density at radius 1 is 1.12 bits per heavy atom. The molecular weight excluding hydrogens is 308 g/mol. The zero-order chi connectivity index (χ0) is 12.3. The van der Waals surface area contributed by atoms with E-state index >= 15 is 0 Å². The Kier molecular flexibility index (Phi) is 4.25. The molecule has 1 nitrogen and oxygen atoms in total. The van der Waals surface area contributed by atoms with E-state index in [1.54, 1.807) is 11.3 Å². The molecule has 0 aliphatic carbocycles. The van der Waals surface area contributed by atoms with E-state index in [-0.39, 0.29) is 5.82 Å². The van der Waals surface area contributed by atoms with Gasteiger partial charge in [-0.05, 0) is 46.3 Å². The third-order valence-electron chi connectivity index (χ3n) is 2.25. The van der Waals surface area contributed by atoms with Crippen molar-refractivity contribution in [2.45, 2.75) is 13.1 Å². The lowest BCUT2D eigenvalue weighted by Crippen LogP contribution is -2.13. The molecule has 5 heteroatoms. The summed E-state index contributed by atoms with van der Waals surface area (Å²) in [6.45, 7) is 0.964. The topological polar surface area (TPSA) is 12.0 Å². The van der Waals surface area contributed by atoms with Crippen molar-refractivity contribution in [1.29, 1.82) is 0 Å². The van der Waals surface area contributed by atoms with Crippen LogP contribution in [0.1, 0.15) is 10.4 Å². The maximum atomic E-state index is 13.3. The zero-order valence-electron chi connectivity index (χ0n) is 8.84. The quantitative estimate of drug-likeness (QED) is 0.896. The summed E-state index contributed by atoms with van der Waals surface area (Å²) in [7, 11) is 0. The average Bonchev–Trinajstić information content (AvgIpc) is 2.69. The van der Waals surface area contributed by atoms with Gasteiger partial charge in [0.25, 0.3) is 0 Å². The first kappa shape index (κ1) is 12.7. The molecule has 1 aromatic heterocycles. The molecule has 0 saturated carbocycles. The van der Waals surface area contributed by atoms with Crippen molar-refractivity contribution in [2.24, 2.45) is 0 Å². The first-order valence-electron chi connectivity index (χ1n) is 5.04. The second kappa shape index (κ2) is 5.71. The van der Waals surface area contributed by atoms with Crippen LogP contribution in [0.5, 0.6) is 0 Å². The summed E-state index contributed by atoms with van der Waals surface area (Å²) in [6, 6.07) is 7.43. The lowest BCUT2D eigenvalue weighted by atomic mass is 10.2. The second-order valence-electron chi connectivity index (χ2n) is 3.55. The average molecular weight is 318 g/mol. The highest BCUT2D eigenvalue weighted by molar-refractivity contribution is 9.11. The zero-order valence-corrected chi connectivity index (χ0v) is 11.2. The Morgan fingerprint density at radius 2 is 1.94 bits per heavy atom. The lowest BCUT2D eigenvalue weighted by Gasteiger charge is -2.04. The molecule has 0 saturated heterocycles. The molecule has 0 radical (unpaired) electrons. The van der Waals surface area contributed by atoms with E-state index in [2.05, 4.69) is 21.2 Å². The van der Waals surface area contributed by atoms with Crippen molar-refractivity contribution in [3.8, 4) is 0 Å². The van der Waals surface area contributed by atoms with Gasteiger partial charge in [0.2, 0.25) is 0 Å². The molecule has 0 bridgehead atoms. The molecule has 90 valence electrons. The Labute approximate surface area is 111 Å². The van der Waals surface area contributed by atoms with Crippen molar-refractivity contribution in [1.82, 2.24) is 5.32 Å². The van der Waals surface area contributed by atoms with Crippen molar-refractivity contribution >= 4 is 27.3 Å². The summed E-state index contributed by atoms with van der Waals surface area (Å²) >= 11 is 4.99. The monoisotopic (exact) mass is 317 g/mol. The summed E-state index contributed by atoms with van der Waals surface area (Å²) in [4.78, 5) is 1.15. The van der Waals surface area contributed by atoms with E-state index in [1.807, 2.05) is 12.1 Å². The molecule has 0 spiro atoms. The predicted octanol–water partition coefficient (Wildman–Crippen LogP) is 4.08. The van der Waals surface area contributed by atoms with Gasteiger partial charge in [0.15, 0.2) is 0 Å². The van der Waals surface area contributed by atoms with Crippen molar-refractivity contribution in [2.75, 3.05) is 0 Å². The van der Waals surface area contributed by atoms with Crippen LogP contribution in [0.3, 0.4) is 0 Å². The highest BCUT2D eigenvalue weighted by Gasteiger charge is 2.04. The van der Waals surface area contributed by atoms with Gasteiger partial charge >= 0.3 is 0 Å². The van der Waals surface area contributed by atoms with Crippen molar-refractivity contribution < 1.29 is 8.78 Å². The maximum absolute atomic E-state index is 13.3. The first-order chi connectivity index (χ1) is 8.15. The van der Waals surface area contributed by atoms with E-state index < -0.39 is 5.82 Å². The number of nitrogens with one attached hydrogen (secondary N) is 1. The van der Waals surface area contributed by atoms with Crippen LogP contribution < -0.4 is 5.32 Å². The molecule has 1 N–H and O–H groups in total. The van der Waals surface area contributed by atoms with Gasteiger partial charge in [-0.25, -0.2) is 8.78 Å². The predicted molar refractivity (Wildman–Crippen MR) is 68.9 cm³/mol. The van der Waals surface area contributed by atoms with Crippen molar-refractivity contribution in [3.05, 3.63) is 56.2 Å². The summed E-state index contributed by atoms with van der Waals surface area (Å²) in [6.07, 6.45) is 0. The number of hydrogen-bond acceptors (Lipinski definition) is 2. The van der Waals surface area contributed by atoms with E-state index in [4.69, 9.17) is 0 Å². The van der Waals surface area contributed by atoms with Gasteiger partial charge in [-0.1, -0.05) is 0 Å². The highest BCUT2D eigenvalue weighted by Crippen LogP contribution is 2.21. The number of halogens is 3. The largest absolute Gasteiger partial charge is 0.308 e. The van der Waals surface area contributed by atoms with Crippen LogP contribution >= 0.6 is 27.3 Å². The smallest absolute Gasteiger partial charge is 0.127 e. The van der Waals surface area contributed by atoms with Crippen LogP contribution in [-0.4, -0.2) is 0 Å². The fraction of sp³-hybridized carbons (Fsp3) is 0.167. The third kappa shape index (κ3) is 3.59. The van der Waals surface area contributed by atoms with Crippen LogP contribution in [0, 0.1) is 11.6 Å². The minimum Gasteiger partial charge on any atom is -0.308 e. The number of hydrogen-bond donors (Lipinski definition) is 1. The van der Waals surface area contributed by atoms with Crippen LogP contribution in [0.25, 0.3) is 0 Å².